The Hall–Kier alpha value is -2.53. The van der Waals surface area contributed by atoms with Crippen LogP contribution in [0.1, 0.15) is 16.8 Å². The average Bonchev–Trinajstić information content (AvgIpc) is 3.03. The first-order valence-corrected chi connectivity index (χ1v) is 7.24. The number of nitrogens with one attached hydrogen (secondary N) is 1. The zero-order chi connectivity index (χ0) is 15.4. The van der Waals surface area contributed by atoms with E-state index in [1.54, 1.807) is 0 Å². The van der Waals surface area contributed by atoms with Crippen molar-refractivity contribution in [3.63, 3.8) is 0 Å². The summed E-state index contributed by atoms with van der Waals surface area (Å²) in [6, 6.07) is 9.58. The van der Waals surface area contributed by atoms with Crippen LogP contribution in [0.5, 0.6) is 0 Å². The van der Waals surface area contributed by atoms with Gasteiger partial charge in [-0.25, -0.2) is 9.97 Å². The van der Waals surface area contributed by atoms with E-state index >= 15 is 0 Å². The topological polar surface area (TPSA) is 75.1 Å². The zero-order valence-electron chi connectivity index (χ0n) is 12.0. The quantitative estimate of drug-likeness (QED) is 0.844. The lowest BCUT2D eigenvalue weighted by Gasteiger charge is -2.12. The molecule has 1 amide bonds. The van der Waals surface area contributed by atoms with Gasteiger partial charge in [0.05, 0.1) is 5.56 Å². The minimum atomic E-state index is -0.201. The van der Waals surface area contributed by atoms with Gasteiger partial charge in [-0.15, -0.1) is 0 Å². The van der Waals surface area contributed by atoms with Crippen molar-refractivity contribution in [3.05, 3.63) is 60.4 Å². The molecule has 1 aromatic carbocycles. The van der Waals surface area contributed by atoms with Gasteiger partial charge in [-0.3, -0.25) is 4.79 Å². The third kappa shape index (κ3) is 3.20. The van der Waals surface area contributed by atoms with Crippen LogP contribution in [0.4, 0.5) is 0 Å². The van der Waals surface area contributed by atoms with Gasteiger partial charge in [-0.1, -0.05) is 42.5 Å². The molecule has 22 heavy (non-hydrogen) atoms. The summed E-state index contributed by atoms with van der Waals surface area (Å²) in [5, 5.41) is 12.0. The van der Waals surface area contributed by atoms with E-state index in [0.29, 0.717) is 11.4 Å². The molecule has 1 aromatic heterocycles. The summed E-state index contributed by atoms with van der Waals surface area (Å²) < 4.78 is 0. The largest absolute Gasteiger partial charge is 0.396 e. The SMILES string of the molecule is O=C(N[C@@H]1C=C[C@H](CO)C1)c1cnc(-c2ccccc2)nc1. The number of hydrogen-bond donors (Lipinski definition) is 2. The Morgan fingerprint density at radius 2 is 1.91 bits per heavy atom. The van der Waals surface area contributed by atoms with Gasteiger partial charge < -0.3 is 10.4 Å². The van der Waals surface area contributed by atoms with Gasteiger partial charge in [0.1, 0.15) is 0 Å². The fourth-order valence-corrected chi connectivity index (χ4v) is 2.45. The Morgan fingerprint density at radius 3 is 2.55 bits per heavy atom. The maximum atomic E-state index is 12.2. The first kappa shape index (κ1) is 14.4. The highest BCUT2D eigenvalue weighted by atomic mass is 16.3. The Balaban J connectivity index is 1.66. The van der Waals surface area contributed by atoms with Crippen molar-refractivity contribution in [2.75, 3.05) is 6.61 Å². The normalized spacial score (nSPS) is 20.0. The smallest absolute Gasteiger partial charge is 0.254 e. The van der Waals surface area contributed by atoms with E-state index in [1.807, 2.05) is 42.5 Å². The van der Waals surface area contributed by atoms with Gasteiger partial charge in [0, 0.05) is 36.5 Å². The molecule has 1 aliphatic rings. The van der Waals surface area contributed by atoms with Gasteiger partial charge in [0.2, 0.25) is 0 Å². The second kappa shape index (κ2) is 6.49. The number of aliphatic hydroxyl groups is 1. The molecule has 1 aliphatic carbocycles. The fourth-order valence-electron chi connectivity index (χ4n) is 2.45. The highest BCUT2D eigenvalue weighted by Gasteiger charge is 2.20. The summed E-state index contributed by atoms with van der Waals surface area (Å²) in [4.78, 5) is 20.6. The van der Waals surface area contributed by atoms with Gasteiger partial charge >= 0.3 is 0 Å². The zero-order valence-corrected chi connectivity index (χ0v) is 12.0. The minimum Gasteiger partial charge on any atom is -0.396 e. The highest BCUT2D eigenvalue weighted by molar-refractivity contribution is 5.94. The summed E-state index contributed by atoms with van der Waals surface area (Å²) >= 11 is 0. The summed E-state index contributed by atoms with van der Waals surface area (Å²) in [6.07, 6.45) is 7.64. The first-order valence-electron chi connectivity index (χ1n) is 7.24. The van der Waals surface area contributed by atoms with E-state index in [4.69, 9.17) is 5.11 Å². The minimum absolute atomic E-state index is 0.0431. The molecule has 3 rings (SSSR count). The third-order valence-corrected chi connectivity index (χ3v) is 3.67. The van der Waals surface area contributed by atoms with Crippen molar-refractivity contribution in [2.24, 2.45) is 5.92 Å². The molecule has 2 N–H and O–H groups in total. The number of amides is 1. The lowest BCUT2D eigenvalue weighted by Crippen LogP contribution is -2.33. The molecular weight excluding hydrogens is 278 g/mol. The molecule has 0 fully saturated rings. The van der Waals surface area contributed by atoms with Crippen LogP contribution in [-0.4, -0.2) is 33.6 Å². The van der Waals surface area contributed by atoms with Crippen molar-refractivity contribution in [1.29, 1.82) is 0 Å². The van der Waals surface area contributed by atoms with Crippen LogP contribution in [0, 0.1) is 5.92 Å². The number of benzene rings is 1. The van der Waals surface area contributed by atoms with Gasteiger partial charge in [0.15, 0.2) is 5.82 Å². The molecule has 0 spiro atoms. The number of rotatable bonds is 4. The molecule has 0 bridgehead atoms. The number of aliphatic hydroxyl groups excluding tert-OH is 1. The maximum absolute atomic E-state index is 12.2. The van der Waals surface area contributed by atoms with Crippen molar-refractivity contribution >= 4 is 5.91 Å². The summed E-state index contributed by atoms with van der Waals surface area (Å²) in [6.45, 7) is 0.109. The first-order chi connectivity index (χ1) is 10.8. The van der Waals surface area contributed by atoms with Gasteiger partial charge in [-0.05, 0) is 6.42 Å². The Bertz CT molecular complexity index is 668. The van der Waals surface area contributed by atoms with Crippen LogP contribution in [0.15, 0.2) is 54.9 Å². The van der Waals surface area contributed by atoms with E-state index in [9.17, 15) is 4.79 Å². The predicted molar refractivity (Wildman–Crippen MR) is 83.1 cm³/mol. The van der Waals surface area contributed by atoms with E-state index in [-0.39, 0.29) is 24.5 Å². The Morgan fingerprint density at radius 1 is 1.18 bits per heavy atom. The molecular formula is C17H17N3O2. The average molecular weight is 295 g/mol. The number of nitrogens with zero attached hydrogens (tertiary/aromatic N) is 2. The van der Waals surface area contributed by atoms with Crippen LogP contribution in [0.25, 0.3) is 11.4 Å². The van der Waals surface area contributed by atoms with Crippen molar-refractivity contribution in [3.8, 4) is 11.4 Å². The van der Waals surface area contributed by atoms with E-state index < -0.39 is 0 Å². The maximum Gasteiger partial charge on any atom is 0.254 e. The van der Waals surface area contributed by atoms with Crippen LogP contribution >= 0.6 is 0 Å². The van der Waals surface area contributed by atoms with Crippen molar-refractivity contribution < 1.29 is 9.90 Å². The standard InChI is InChI=1S/C17H17N3O2/c21-11-12-6-7-15(8-12)20-17(22)14-9-18-16(19-10-14)13-4-2-1-3-5-13/h1-7,9-10,12,15,21H,8,11H2,(H,20,22)/t12-,15+/m0/s1. The molecule has 0 unspecified atom stereocenters. The van der Waals surface area contributed by atoms with E-state index in [2.05, 4.69) is 15.3 Å². The molecule has 5 heteroatoms. The van der Waals surface area contributed by atoms with Crippen molar-refractivity contribution in [1.82, 2.24) is 15.3 Å². The fraction of sp³-hybridized carbons (Fsp3) is 0.235. The molecule has 0 saturated carbocycles. The van der Waals surface area contributed by atoms with Gasteiger partial charge in [0.25, 0.3) is 5.91 Å². The van der Waals surface area contributed by atoms with Crippen LogP contribution in [0.3, 0.4) is 0 Å². The van der Waals surface area contributed by atoms with Crippen LogP contribution < -0.4 is 5.32 Å². The lowest BCUT2D eigenvalue weighted by atomic mass is 10.1. The monoisotopic (exact) mass is 295 g/mol. The lowest BCUT2D eigenvalue weighted by molar-refractivity contribution is 0.0940. The molecule has 1 heterocycles. The summed E-state index contributed by atoms with van der Waals surface area (Å²) in [7, 11) is 0. The molecule has 112 valence electrons. The van der Waals surface area contributed by atoms with Crippen molar-refractivity contribution in [2.45, 2.75) is 12.5 Å². The predicted octanol–water partition coefficient (Wildman–Crippen LogP) is 1.81. The Labute approximate surface area is 128 Å². The second-order valence-corrected chi connectivity index (χ2v) is 5.30. The number of carbonyl (C=O) groups is 1. The van der Waals surface area contributed by atoms with E-state index in [1.165, 1.54) is 12.4 Å². The molecule has 2 atom stereocenters. The van der Waals surface area contributed by atoms with Gasteiger partial charge in [-0.2, -0.15) is 0 Å². The van der Waals surface area contributed by atoms with Crippen LogP contribution in [0.2, 0.25) is 0 Å². The number of aromatic nitrogens is 2. The summed E-state index contributed by atoms with van der Waals surface area (Å²) in [5.74, 6) is 0.521. The molecule has 5 nitrogen and oxygen atoms in total. The third-order valence-electron chi connectivity index (χ3n) is 3.67. The Kier molecular flexibility index (Phi) is 4.25. The molecule has 2 aromatic rings. The molecule has 0 aliphatic heterocycles. The van der Waals surface area contributed by atoms with E-state index in [0.717, 1.165) is 12.0 Å². The summed E-state index contributed by atoms with van der Waals surface area (Å²) in [5.41, 5.74) is 1.35. The molecule has 0 saturated heterocycles. The van der Waals surface area contributed by atoms with Crippen LogP contribution in [-0.2, 0) is 0 Å². The highest BCUT2D eigenvalue weighted by Crippen LogP contribution is 2.18. The number of carbonyl (C=O) groups excluding carboxylic acids is 1. The number of hydrogen-bond acceptors (Lipinski definition) is 4. The second-order valence-electron chi connectivity index (χ2n) is 5.30. The molecule has 0 radical (unpaired) electrons.